The first kappa shape index (κ1) is 22.4. The van der Waals surface area contributed by atoms with Gasteiger partial charge in [-0.15, -0.1) is 0 Å². The molecule has 1 saturated heterocycles. The fourth-order valence-electron chi connectivity index (χ4n) is 4.79. The summed E-state index contributed by atoms with van der Waals surface area (Å²) in [4.78, 5) is 39.0. The zero-order valence-electron chi connectivity index (χ0n) is 19.2. The molecule has 2 aliphatic heterocycles. The van der Waals surface area contributed by atoms with Gasteiger partial charge in [-0.1, -0.05) is 24.8 Å². The maximum absolute atomic E-state index is 12.5. The van der Waals surface area contributed by atoms with Crippen LogP contribution >= 0.6 is 0 Å². The number of amides is 1. The molecule has 178 valence electrons. The molecule has 2 atom stereocenters. The van der Waals surface area contributed by atoms with Crippen molar-refractivity contribution < 1.29 is 14.3 Å². The van der Waals surface area contributed by atoms with Crippen molar-refractivity contribution in [2.24, 2.45) is 0 Å². The van der Waals surface area contributed by atoms with Crippen LogP contribution in [0.4, 0.5) is 23.0 Å². The van der Waals surface area contributed by atoms with Crippen molar-refractivity contribution in [2.45, 2.75) is 25.0 Å². The number of anilines is 4. The van der Waals surface area contributed by atoms with Crippen molar-refractivity contribution in [2.75, 3.05) is 28.6 Å². The third-order valence-electron chi connectivity index (χ3n) is 6.36. The van der Waals surface area contributed by atoms with Gasteiger partial charge in [-0.2, -0.15) is 0 Å². The first-order valence-electron chi connectivity index (χ1n) is 11.5. The number of nitrogens with two attached hydrogens (primary N) is 1. The van der Waals surface area contributed by atoms with Gasteiger partial charge in [-0.05, 0) is 55.3 Å². The Labute approximate surface area is 203 Å². The zero-order valence-corrected chi connectivity index (χ0v) is 19.2. The molecule has 2 aliphatic rings. The number of para-hydroxylation sites is 1. The van der Waals surface area contributed by atoms with E-state index in [9.17, 15) is 9.59 Å². The molecule has 3 aromatic rings. The first-order chi connectivity index (χ1) is 17.1. The number of fused-ring (bicyclic) bond motifs is 1. The van der Waals surface area contributed by atoms with Crippen LogP contribution in [0.3, 0.4) is 0 Å². The molecule has 2 aromatic carbocycles. The quantitative estimate of drug-likeness (QED) is 0.431. The molecule has 3 heterocycles. The molecule has 5 rings (SSSR count). The Kier molecular flexibility index (Phi) is 6.05. The molecular weight excluding hydrogens is 444 g/mol. The molecule has 1 aromatic heterocycles. The number of likely N-dealkylation sites (tertiary alicyclic amines) is 1. The maximum atomic E-state index is 12.5. The summed E-state index contributed by atoms with van der Waals surface area (Å²) in [6, 6.07) is 16.8. The van der Waals surface area contributed by atoms with E-state index in [1.165, 1.54) is 12.4 Å². The van der Waals surface area contributed by atoms with E-state index in [0.717, 1.165) is 30.6 Å². The van der Waals surface area contributed by atoms with Crippen LogP contribution in [0.25, 0.3) is 0 Å². The number of nitrogen functional groups attached to an aromatic ring is 1. The Morgan fingerprint density at radius 2 is 1.83 bits per heavy atom. The van der Waals surface area contributed by atoms with Crippen molar-refractivity contribution in [1.82, 2.24) is 14.9 Å². The number of ether oxygens (including phenoxy) is 1. The molecule has 0 bridgehead atoms. The summed E-state index contributed by atoms with van der Waals surface area (Å²) in [6.07, 6.45) is 4.54. The summed E-state index contributed by atoms with van der Waals surface area (Å²) in [7, 11) is 0. The lowest BCUT2D eigenvalue weighted by Gasteiger charge is -2.40. The first-order valence-corrected chi connectivity index (χ1v) is 11.5. The smallest absolute Gasteiger partial charge is 0.246 e. The summed E-state index contributed by atoms with van der Waals surface area (Å²) in [5.74, 6) is 2.14. The molecule has 0 spiro atoms. The lowest BCUT2D eigenvalue weighted by atomic mass is 10.0. The molecule has 9 nitrogen and oxygen atoms in total. The number of aldehydes is 1. The second kappa shape index (κ2) is 9.46. The Morgan fingerprint density at radius 3 is 2.54 bits per heavy atom. The van der Waals surface area contributed by atoms with E-state index >= 15 is 0 Å². The molecule has 0 radical (unpaired) electrons. The largest absolute Gasteiger partial charge is 0.457 e. The molecule has 1 unspecified atom stereocenters. The van der Waals surface area contributed by atoms with E-state index in [1.54, 1.807) is 4.90 Å². The number of carbonyl (C=O) groups excluding carboxylic acids is 2. The van der Waals surface area contributed by atoms with Crippen LogP contribution in [0.1, 0.15) is 12.8 Å². The third-order valence-corrected chi connectivity index (χ3v) is 6.36. The Balaban J connectivity index is 1.48. The minimum Gasteiger partial charge on any atom is -0.457 e. The van der Waals surface area contributed by atoms with E-state index < -0.39 is 6.17 Å². The van der Waals surface area contributed by atoms with Gasteiger partial charge >= 0.3 is 0 Å². The van der Waals surface area contributed by atoms with Crippen molar-refractivity contribution in [3.8, 4) is 11.5 Å². The van der Waals surface area contributed by atoms with Crippen molar-refractivity contribution in [3.05, 3.63) is 73.6 Å². The molecule has 1 fully saturated rings. The highest BCUT2D eigenvalue weighted by Crippen LogP contribution is 2.47. The number of piperidine rings is 1. The van der Waals surface area contributed by atoms with Gasteiger partial charge in [0.05, 0.1) is 6.04 Å². The minimum atomic E-state index is -0.686. The van der Waals surface area contributed by atoms with E-state index in [2.05, 4.69) is 16.5 Å². The predicted octanol–water partition coefficient (Wildman–Crippen LogP) is 3.51. The number of hydrogen-bond donors (Lipinski definition) is 1. The van der Waals surface area contributed by atoms with Gasteiger partial charge in [-0.3, -0.25) is 9.59 Å². The number of aromatic nitrogens is 2. The number of carbonyl (C=O) groups is 2. The predicted molar refractivity (Wildman–Crippen MR) is 134 cm³/mol. The lowest BCUT2D eigenvalue weighted by molar-refractivity contribution is -0.127. The van der Waals surface area contributed by atoms with Gasteiger partial charge < -0.3 is 25.2 Å². The fourth-order valence-corrected chi connectivity index (χ4v) is 4.79. The van der Waals surface area contributed by atoms with E-state index in [-0.39, 0.29) is 17.8 Å². The van der Waals surface area contributed by atoms with Gasteiger partial charge in [0.2, 0.25) is 5.91 Å². The number of nitrogens with zero attached hydrogens (tertiary/aromatic N) is 5. The minimum absolute atomic E-state index is 0.110. The van der Waals surface area contributed by atoms with Gasteiger partial charge in [0.15, 0.2) is 24.1 Å². The molecule has 9 heteroatoms. The molecular formula is C26H26N6O3. The van der Waals surface area contributed by atoms with Crippen LogP contribution in [0.2, 0.25) is 0 Å². The molecule has 0 aliphatic carbocycles. The van der Waals surface area contributed by atoms with Crippen LogP contribution < -0.4 is 20.3 Å². The normalized spacial score (nSPS) is 19.3. The lowest BCUT2D eigenvalue weighted by Crippen LogP contribution is -2.55. The number of benzene rings is 2. The topological polar surface area (TPSA) is 105 Å². The Morgan fingerprint density at radius 1 is 1.09 bits per heavy atom. The van der Waals surface area contributed by atoms with E-state index in [4.69, 9.17) is 10.5 Å². The highest BCUT2D eigenvalue weighted by molar-refractivity contribution is 5.94. The van der Waals surface area contributed by atoms with Crippen molar-refractivity contribution in [3.63, 3.8) is 0 Å². The van der Waals surface area contributed by atoms with E-state index in [1.807, 2.05) is 64.4 Å². The number of hydrogen-bond acceptors (Lipinski definition) is 8. The second-order valence-electron chi connectivity index (χ2n) is 8.45. The molecule has 2 N–H and O–H groups in total. The summed E-state index contributed by atoms with van der Waals surface area (Å²) in [5.41, 5.74) is 7.63. The van der Waals surface area contributed by atoms with Crippen LogP contribution in [0, 0.1) is 0 Å². The Hall–Kier alpha value is -4.40. The zero-order chi connectivity index (χ0) is 24.4. The Bertz CT molecular complexity index is 1230. The van der Waals surface area contributed by atoms with Crippen LogP contribution in [0.5, 0.6) is 11.5 Å². The average molecular weight is 471 g/mol. The summed E-state index contributed by atoms with van der Waals surface area (Å²) < 4.78 is 5.91. The van der Waals surface area contributed by atoms with Gasteiger partial charge in [-0.25, -0.2) is 9.97 Å². The summed E-state index contributed by atoms with van der Waals surface area (Å²) in [5, 5.41) is 0. The average Bonchev–Trinajstić information content (AvgIpc) is 3.25. The van der Waals surface area contributed by atoms with Crippen LogP contribution in [-0.2, 0) is 9.59 Å². The molecule has 35 heavy (non-hydrogen) atoms. The third kappa shape index (κ3) is 4.16. The maximum Gasteiger partial charge on any atom is 0.246 e. The molecule has 1 amide bonds. The van der Waals surface area contributed by atoms with Crippen molar-refractivity contribution >= 4 is 35.2 Å². The van der Waals surface area contributed by atoms with Crippen LogP contribution in [-0.4, -0.2) is 52.4 Å². The SMILES string of the molecule is C=CC(=O)N1CCC[C@H](N2c3ncnc(N)c3N(c3ccc(Oc4ccccc4)cc3)C2C=O)C1. The standard InChI is InChI=1S/C26H26N6O3/c1-2-23(34)30-14-6-7-19(15-30)32-22(16-33)31(24-25(27)28-17-29-26(24)32)18-10-12-21(13-11-18)35-20-8-4-3-5-9-20/h2-5,8-13,16-17,19,22H,1,6-7,14-15H2,(H2,27,28,29)/t19-,22?/m0/s1. The van der Waals surface area contributed by atoms with Gasteiger partial charge in [0.25, 0.3) is 0 Å². The fraction of sp³-hybridized carbons (Fsp3) is 0.231. The van der Waals surface area contributed by atoms with Crippen LogP contribution in [0.15, 0.2) is 73.6 Å². The molecule has 0 saturated carbocycles. The highest BCUT2D eigenvalue weighted by Gasteiger charge is 2.44. The van der Waals surface area contributed by atoms with E-state index in [0.29, 0.717) is 30.3 Å². The van der Waals surface area contributed by atoms with Gasteiger partial charge in [0.1, 0.15) is 23.5 Å². The number of rotatable bonds is 6. The summed E-state index contributed by atoms with van der Waals surface area (Å²) >= 11 is 0. The monoisotopic (exact) mass is 470 g/mol. The highest BCUT2D eigenvalue weighted by atomic mass is 16.5. The van der Waals surface area contributed by atoms with Crippen molar-refractivity contribution in [1.29, 1.82) is 0 Å². The summed E-state index contributed by atoms with van der Waals surface area (Å²) in [6.45, 7) is 4.73. The van der Waals surface area contributed by atoms with Gasteiger partial charge in [0, 0.05) is 18.8 Å². The second-order valence-corrected chi connectivity index (χ2v) is 8.45.